The highest BCUT2D eigenvalue weighted by atomic mass is 32.2. The molecule has 1 aliphatic heterocycles. The van der Waals surface area contributed by atoms with Crippen molar-refractivity contribution in [1.82, 2.24) is 4.98 Å². The molecule has 1 aromatic carbocycles. The molecule has 1 unspecified atom stereocenters. The first-order valence-corrected chi connectivity index (χ1v) is 11.2. The lowest BCUT2D eigenvalue weighted by atomic mass is 9.95. The number of carbonyl (C=O) groups is 2. The molecule has 2 aromatic rings. The second-order valence-electron chi connectivity index (χ2n) is 7.52. The van der Waals surface area contributed by atoms with E-state index in [0.717, 1.165) is 11.8 Å². The highest BCUT2D eigenvalue weighted by Gasteiger charge is 2.30. The van der Waals surface area contributed by atoms with Gasteiger partial charge in [0.1, 0.15) is 28.2 Å². The second-order valence-corrected chi connectivity index (χ2v) is 8.61. The summed E-state index contributed by atoms with van der Waals surface area (Å²) in [6.45, 7) is 2.91. The number of nitrogens with two attached hydrogens (primary N) is 2. The maximum atomic E-state index is 12.3. The van der Waals surface area contributed by atoms with Gasteiger partial charge in [0.25, 0.3) is 0 Å². The van der Waals surface area contributed by atoms with Crippen LogP contribution in [-0.2, 0) is 16.0 Å². The van der Waals surface area contributed by atoms with Crippen molar-refractivity contribution in [2.75, 3.05) is 18.0 Å². The minimum Gasteiger partial charge on any atom is -0.369 e. The van der Waals surface area contributed by atoms with Crippen molar-refractivity contribution in [2.24, 2.45) is 17.4 Å². The number of piperidine rings is 1. The number of hydrogen-bond donors (Lipinski definition) is 2. The van der Waals surface area contributed by atoms with E-state index in [4.69, 9.17) is 11.5 Å². The lowest BCUT2D eigenvalue weighted by molar-refractivity contribution is -0.122. The van der Waals surface area contributed by atoms with Gasteiger partial charge in [-0.25, -0.2) is 4.98 Å². The van der Waals surface area contributed by atoms with Crippen LogP contribution in [0.15, 0.2) is 35.4 Å². The highest BCUT2D eigenvalue weighted by molar-refractivity contribution is 8.00. The minimum absolute atomic E-state index is 0.202. The average molecular weight is 449 g/mol. The SMILES string of the molecule is CCc1c(C#N)c(SC(C(N)=O)c2ccccc2)nc(N2CCC(C(N)=O)CC2)c1C#N. The fraction of sp³-hybridized carbons (Fsp3) is 0.348. The van der Waals surface area contributed by atoms with E-state index in [1.54, 1.807) is 12.1 Å². The minimum atomic E-state index is -0.734. The van der Waals surface area contributed by atoms with Crippen molar-refractivity contribution in [3.8, 4) is 12.1 Å². The molecule has 3 rings (SSSR count). The predicted molar refractivity (Wildman–Crippen MR) is 121 cm³/mol. The Labute approximate surface area is 191 Å². The molecule has 32 heavy (non-hydrogen) atoms. The molecule has 8 nitrogen and oxygen atoms in total. The Morgan fingerprint density at radius 2 is 1.78 bits per heavy atom. The Kier molecular flexibility index (Phi) is 7.34. The molecule has 0 saturated carbocycles. The molecule has 1 aliphatic rings. The molecule has 0 aliphatic carbocycles. The molecule has 0 radical (unpaired) electrons. The molecular formula is C23H24N6O2S. The molecule has 0 bridgehead atoms. The first-order valence-electron chi connectivity index (χ1n) is 10.3. The second kappa shape index (κ2) is 10.2. The number of carbonyl (C=O) groups excluding carboxylic acids is 2. The Hall–Kier alpha value is -3.56. The third kappa shape index (κ3) is 4.68. The highest BCUT2D eigenvalue weighted by Crippen LogP contribution is 2.40. The number of pyridine rings is 1. The molecule has 2 heterocycles. The maximum absolute atomic E-state index is 12.3. The standard InChI is InChI=1S/C23H24N6O2S/c1-2-16-17(12-24)22(29-10-8-15(9-11-29)20(26)30)28-23(18(16)13-25)32-19(21(27)31)14-6-4-3-5-7-14/h3-7,15,19H,2,8-11H2,1H3,(H2,26,30)(H2,27,31). The van der Waals surface area contributed by atoms with Gasteiger partial charge in [-0.05, 0) is 30.4 Å². The van der Waals surface area contributed by atoms with Crippen LogP contribution in [0.3, 0.4) is 0 Å². The van der Waals surface area contributed by atoms with Crippen molar-refractivity contribution >= 4 is 29.4 Å². The summed E-state index contributed by atoms with van der Waals surface area (Å²) in [7, 11) is 0. The number of aromatic nitrogens is 1. The predicted octanol–water partition coefficient (Wildman–Crippen LogP) is 2.41. The third-order valence-corrected chi connectivity index (χ3v) is 6.87. The molecule has 1 atom stereocenters. The average Bonchev–Trinajstić information content (AvgIpc) is 2.81. The smallest absolute Gasteiger partial charge is 0.235 e. The summed E-state index contributed by atoms with van der Waals surface area (Å²) in [5.74, 6) is -0.606. The number of primary amides is 2. The van der Waals surface area contributed by atoms with Gasteiger partial charge in [0, 0.05) is 19.0 Å². The molecule has 4 N–H and O–H groups in total. The number of anilines is 1. The summed E-state index contributed by atoms with van der Waals surface area (Å²) in [5.41, 5.74) is 13.1. The topological polar surface area (TPSA) is 150 Å². The van der Waals surface area contributed by atoms with E-state index < -0.39 is 11.2 Å². The van der Waals surface area contributed by atoms with Crippen LogP contribution in [0, 0.1) is 28.6 Å². The molecule has 2 amide bonds. The van der Waals surface area contributed by atoms with Crippen LogP contribution in [-0.4, -0.2) is 29.9 Å². The van der Waals surface area contributed by atoms with Gasteiger partial charge in [-0.1, -0.05) is 49.0 Å². The molecular weight excluding hydrogens is 424 g/mol. The van der Waals surface area contributed by atoms with Crippen LogP contribution in [0.4, 0.5) is 5.82 Å². The van der Waals surface area contributed by atoms with Crippen LogP contribution in [0.1, 0.15) is 47.3 Å². The van der Waals surface area contributed by atoms with Gasteiger partial charge in [-0.3, -0.25) is 9.59 Å². The number of amides is 2. The molecule has 0 spiro atoms. The first kappa shape index (κ1) is 23.1. The molecule has 164 valence electrons. The summed E-state index contributed by atoms with van der Waals surface area (Å²) in [5, 5.41) is 19.4. The lowest BCUT2D eigenvalue weighted by Crippen LogP contribution is -2.39. The lowest BCUT2D eigenvalue weighted by Gasteiger charge is -2.33. The van der Waals surface area contributed by atoms with Crippen LogP contribution < -0.4 is 16.4 Å². The van der Waals surface area contributed by atoms with Crippen molar-refractivity contribution in [3.63, 3.8) is 0 Å². The van der Waals surface area contributed by atoms with Crippen LogP contribution in [0.2, 0.25) is 0 Å². The Bertz CT molecular complexity index is 1100. The van der Waals surface area contributed by atoms with Crippen molar-refractivity contribution in [2.45, 2.75) is 36.5 Å². The number of hydrogen-bond acceptors (Lipinski definition) is 7. The molecule has 1 aromatic heterocycles. The molecule has 1 fully saturated rings. The fourth-order valence-electron chi connectivity index (χ4n) is 3.90. The zero-order valence-corrected chi connectivity index (χ0v) is 18.6. The number of rotatable bonds is 7. The number of benzene rings is 1. The van der Waals surface area contributed by atoms with Gasteiger partial charge in [-0.15, -0.1) is 0 Å². The first-order chi connectivity index (χ1) is 15.4. The van der Waals surface area contributed by atoms with E-state index >= 15 is 0 Å². The maximum Gasteiger partial charge on any atom is 0.235 e. The monoisotopic (exact) mass is 448 g/mol. The largest absolute Gasteiger partial charge is 0.369 e. The van der Waals surface area contributed by atoms with Gasteiger partial charge in [0.05, 0.1) is 11.1 Å². The Balaban J connectivity index is 2.07. The van der Waals surface area contributed by atoms with Crippen molar-refractivity contribution < 1.29 is 9.59 Å². The van der Waals surface area contributed by atoms with E-state index in [9.17, 15) is 20.1 Å². The molecule has 1 saturated heterocycles. The van der Waals surface area contributed by atoms with E-state index in [2.05, 4.69) is 17.1 Å². The summed E-state index contributed by atoms with van der Waals surface area (Å²) in [6, 6.07) is 13.5. The Morgan fingerprint density at radius 1 is 1.16 bits per heavy atom. The van der Waals surface area contributed by atoms with E-state index in [-0.39, 0.29) is 17.4 Å². The quantitative estimate of drug-likeness (QED) is 0.617. The summed E-state index contributed by atoms with van der Waals surface area (Å²) in [4.78, 5) is 30.4. The van der Waals surface area contributed by atoms with E-state index in [0.29, 0.717) is 59.9 Å². The van der Waals surface area contributed by atoms with Crippen LogP contribution >= 0.6 is 11.8 Å². The number of thioether (sulfide) groups is 1. The Morgan fingerprint density at radius 3 is 2.28 bits per heavy atom. The zero-order chi connectivity index (χ0) is 23.3. The van der Waals surface area contributed by atoms with Crippen LogP contribution in [0.25, 0.3) is 0 Å². The van der Waals surface area contributed by atoms with E-state index in [1.165, 1.54) is 0 Å². The molecule has 9 heteroatoms. The third-order valence-electron chi connectivity index (χ3n) is 5.61. The van der Waals surface area contributed by atoms with Gasteiger partial charge in [0.2, 0.25) is 11.8 Å². The zero-order valence-electron chi connectivity index (χ0n) is 17.7. The van der Waals surface area contributed by atoms with Crippen LogP contribution in [0.5, 0.6) is 0 Å². The normalized spacial score (nSPS) is 14.9. The van der Waals surface area contributed by atoms with Gasteiger partial charge in [0.15, 0.2) is 0 Å². The number of nitriles is 2. The van der Waals surface area contributed by atoms with Gasteiger partial charge in [-0.2, -0.15) is 10.5 Å². The van der Waals surface area contributed by atoms with Gasteiger partial charge >= 0.3 is 0 Å². The van der Waals surface area contributed by atoms with E-state index in [1.807, 2.05) is 30.0 Å². The van der Waals surface area contributed by atoms with Gasteiger partial charge < -0.3 is 16.4 Å². The number of nitrogens with zero attached hydrogens (tertiary/aromatic N) is 4. The summed E-state index contributed by atoms with van der Waals surface area (Å²) < 4.78 is 0. The van der Waals surface area contributed by atoms with Crippen molar-refractivity contribution in [1.29, 1.82) is 10.5 Å². The fourth-order valence-corrected chi connectivity index (χ4v) is 4.96. The summed E-state index contributed by atoms with van der Waals surface area (Å²) >= 11 is 1.12. The van der Waals surface area contributed by atoms with Crippen molar-refractivity contribution in [3.05, 3.63) is 52.6 Å². The summed E-state index contributed by atoms with van der Waals surface area (Å²) in [6.07, 6.45) is 1.60.